The Labute approximate surface area is 114 Å². The molecule has 0 aliphatic carbocycles. The second kappa shape index (κ2) is 7.25. The number of halogens is 3. The summed E-state index contributed by atoms with van der Waals surface area (Å²) < 4.78 is 42.1. The monoisotopic (exact) mass is 291 g/mol. The van der Waals surface area contributed by atoms with Crippen LogP contribution >= 0.6 is 0 Å². The first-order valence-electron chi connectivity index (χ1n) is 6.04. The van der Waals surface area contributed by atoms with Gasteiger partial charge in [0.2, 0.25) is 0 Å². The Morgan fingerprint density at radius 1 is 1.30 bits per heavy atom. The fraction of sp³-hybridized carbons (Fsp3) is 0.462. The van der Waals surface area contributed by atoms with Gasteiger partial charge in [-0.15, -0.1) is 0 Å². The maximum absolute atomic E-state index is 12.3. The van der Waals surface area contributed by atoms with Crippen molar-refractivity contribution in [2.75, 3.05) is 6.61 Å². The van der Waals surface area contributed by atoms with Crippen molar-refractivity contribution in [2.24, 2.45) is 0 Å². The molecule has 1 rings (SSSR count). The van der Waals surface area contributed by atoms with Crippen LogP contribution in [-0.2, 0) is 27.2 Å². The maximum Gasteiger partial charge on any atom is 0.416 e. The number of nitrogens with one attached hydrogen (secondary N) is 1. The van der Waals surface area contributed by atoms with Gasteiger partial charge in [0.15, 0.2) is 0 Å². The van der Waals surface area contributed by atoms with E-state index in [2.05, 4.69) is 5.48 Å². The summed E-state index contributed by atoms with van der Waals surface area (Å²) >= 11 is 0. The lowest BCUT2D eigenvalue weighted by Crippen LogP contribution is -2.34. The average Bonchev–Trinajstić information content (AvgIpc) is 2.38. The van der Waals surface area contributed by atoms with Crippen LogP contribution in [0.25, 0.3) is 0 Å². The molecule has 0 aliphatic heterocycles. The highest BCUT2D eigenvalue weighted by Crippen LogP contribution is 2.29. The largest absolute Gasteiger partial charge is 0.416 e. The van der Waals surface area contributed by atoms with E-state index < -0.39 is 23.8 Å². The van der Waals surface area contributed by atoms with Crippen molar-refractivity contribution < 1.29 is 27.5 Å². The Bertz CT molecular complexity index is 431. The van der Waals surface area contributed by atoms with Crippen LogP contribution in [0.2, 0.25) is 0 Å². The SMILES string of the molecule is CCOC(C)C(=O)NOCc1ccc(C(F)(F)F)cc1. The quantitative estimate of drug-likeness (QED) is 0.820. The third kappa shape index (κ3) is 5.18. The van der Waals surface area contributed by atoms with Crippen molar-refractivity contribution in [2.45, 2.75) is 32.7 Å². The summed E-state index contributed by atoms with van der Waals surface area (Å²) in [5.41, 5.74) is 1.96. The second-order valence-corrected chi connectivity index (χ2v) is 4.05. The molecule has 0 aromatic heterocycles. The van der Waals surface area contributed by atoms with Gasteiger partial charge in [0.05, 0.1) is 12.2 Å². The van der Waals surface area contributed by atoms with Gasteiger partial charge in [-0.05, 0) is 31.5 Å². The summed E-state index contributed by atoms with van der Waals surface area (Å²) in [4.78, 5) is 16.3. The van der Waals surface area contributed by atoms with Gasteiger partial charge in [0.25, 0.3) is 5.91 Å². The lowest BCUT2D eigenvalue weighted by Gasteiger charge is -2.12. The van der Waals surface area contributed by atoms with E-state index in [1.165, 1.54) is 12.1 Å². The molecule has 0 heterocycles. The fourth-order valence-electron chi connectivity index (χ4n) is 1.39. The Kier molecular flexibility index (Phi) is 5.97. The molecule has 0 spiro atoms. The molecular formula is C13H16F3NO3. The molecule has 1 N–H and O–H groups in total. The first-order chi connectivity index (χ1) is 9.34. The highest BCUT2D eigenvalue weighted by molar-refractivity contribution is 5.79. The van der Waals surface area contributed by atoms with Gasteiger partial charge in [0.1, 0.15) is 6.10 Å². The molecule has 1 aromatic carbocycles. The summed E-state index contributed by atoms with van der Waals surface area (Å²) in [7, 11) is 0. The van der Waals surface area contributed by atoms with E-state index in [-0.39, 0.29) is 6.61 Å². The van der Waals surface area contributed by atoms with E-state index >= 15 is 0 Å². The predicted molar refractivity (Wildman–Crippen MR) is 65.5 cm³/mol. The van der Waals surface area contributed by atoms with Crippen molar-refractivity contribution in [3.8, 4) is 0 Å². The van der Waals surface area contributed by atoms with Gasteiger partial charge < -0.3 is 4.74 Å². The lowest BCUT2D eigenvalue weighted by molar-refractivity contribution is -0.145. The average molecular weight is 291 g/mol. The molecule has 1 amide bonds. The standard InChI is InChI=1S/C13H16F3NO3/c1-3-19-9(2)12(18)17-20-8-10-4-6-11(7-5-10)13(14,15)16/h4-7,9H,3,8H2,1-2H3,(H,17,18). The van der Waals surface area contributed by atoms with E-state index in [1.54, 1.807) is 13.8 Å². The van der Waals surface area contributed by atoms with Crippen LogP contribution < -0.4 is 5.48 Å². The third-order valence-electron chi connectivity index (χ3n) is 2.48. The molecule has 20 heavy (non-hydrogen) atoms. The highest BCUT2D eigenvalue weighted by Gasteiger charge is 2.29. The minimum Gasteiger partial charge on any atom is -0.369 e. The zero-order valence-corrected chi connectivity index (χ0v) is 11.2. The molecule has 4 nitrogen and oxygen atoms in total. The van der Waals surface area contributed by atoms with Gasteiger partial charge in [-0.3, -0.25) is 9.63 Å². The van der Waals surface area contributed by atoms with Crippen molar-refractivity contribution in [1.82, 2.24) is 5.48 Å². The maximum atomic E-state index is 12.3. The number of carbonyl (C=O) groups is 1. The Balaban J connectivity index is 2.41. The molecule has 0 radical (unpaired) electrons. The first-order valence-corrected chi connectivity index (χ1v) is 6.04. The summed E-state index contributed by atoms with van der Waals surface area (Å²) in [6, 6.07) is 4.51. The smallest absolute Gasteiger partial charge is 0.369 e. The first kappa shape index (κ1) is 16.5. The molecule has 0 fully saturated rings. The number of amides is 1. The number of rotatable bonds is 6. The Morgan fingerprint density at radius 2 is 1.90 bits per heavy atom. The van der Waals surface area contributed by atoms with Crippen LogP contribution in [0.5, 0.6) is 0 Å². The zero-order valence-electron chi connectivity index (χ0n) is 11.2. The second-order valence-electron chi connectivity index (χ2n) is 4.05. The molecule has 0 aliphatic rings. The lowest BCUT2D eigenvalue weighted by atomic mass is 10.1. The molecule has 7 heteroatoms. The Morgan fingerprint density at radius 3 is 2.40 bits per heavy atom. The minimum atomic E-state index is -4.36. The zero-order chi connectivity index (χ0) is 15.2. The van der Waals surface area contributed by atoms with Gasteiger partial charge >= 0.3 is 6.18 Å². The van der Waals surface area contributed by atoms with E-state index in [0.29, 0.717) is 12.2 Å². The number of hydrogen-bond donors (Lipinski definition) is 1. The van der Waals surface area contributed by atoms with E-state index in [1.807, 2.05) is 0 Å². The van der Waals surface area contributed by atoms with Crippen molar-refractivity contribution in [3.05, 3.63) is 35.4 Å². The van der Waals surface area contributed by atoms with Crippen molar-refractivity contribution in [1.29, 1.82) is 0 Å². The van der Waals surface area contributed by atoms with E-state index in [0.717, 1.165) is 12.1 Å². The molecule has 0 saturated heterocycles. The summed E-state index contributed by atoms with van der Waals surface area (Å²) in [6.45, 7) is 3.70. The summed E-state index contributed by atoms with van der Waals surface area (Å²) in [5.74, 6) is -0.446. The minimum absolute atomic E-state index is 0.0251. The molecular weight excluding hydrogens is 275 g/mol. The summed E-state index contributed by atoms with van der Waals surface area (Å²) in [6.07, 6.45) is -5.01. The van der Waals surface area contributed by atoms with Crippen LogP contribution in [0.4, 0.5) is 13.2 Å². The van der Waals surface area contributed by atoms with Crippen LogP contribution in [-0.4, -0.2) is 18.6 Å². The number of carbonyl (C=O) groups excluding carboxylic acids is 1. The predicted octanol–water partition coefficient (Wildman–Crippen LogP) is 2.68. The number of hydrogen-bond acceptors (Lipinski definition) is 3. The van der Waals surface area contributed by atoms with Crippen molar-refractivity contribution in [3.63, 3.8) is 0 Å². The molecule has 112 valence electrons. The normalized spacial score (nSPS) is 13.1. The van der Waals surface area contributed by atoms with Gasteiger partial charge in [-0.25, -0.2) is 5.48 Å². The number of ether oxygens (including phenoxy) is 1. The fourth-order valence-corrected chi connectivity index (χ4v) is 1.39. The molecule has 0 bridgehead atoms. The van der Waals surface area contributed by atoms with Crippen LogP contribution in [0.1, 0.15) is 25.0 Å². The Hall–Kier alpha value is -1.60. The molecule has 1 unspecified atom stereocenters. The van der Waals surface area contributed by atoms with Gasteiger partial charge in [0, 0.05) is 6.61 Å². The number of benzene rings is 1. The van der Waals surface area contributed by atoms with Gasteiger partial charge in [-0.1, -0.05) is 12.1 Å². The van der Waals surface area contributed by atoms with Gasteiger partial charge in [-0.2, -0.15) is 13.2 Å². The molecule has 0 saturated carbocycles. The van der Waals surface area contributed by atoms with Crippen LogP contribution in [0.3, 0.4) is 0 Å². The highest BCUT2D eigenvalue weighted by atomic mass is 19.4. The topological polar surface area (TPSA) is 47.6 Å². The number of alkyl halides is 3. The molecule has 1 atom stereocenters. The van der Waals surface area contributed by atoms with Crippen molar-refractivity contribution >= 4 is 5.91 Å². The third-order valence-corrected chi connectivity index (χ3v) is 2.48. The van der Waals surface area contributed by atoms with E-state index in [4.69, 9.17) is 9.57 Å². The summed E-state index contributed by atoms with van der Waals surface area (Å²) in [5, 5.41) is 0. The van der Waals surface area contributed by atoms with E-state index in [9.17, 15) is 18.0 Å². The molecule has 1 aromatic rings. The van der Waals surface area contributed by atoms with Crippen LogP contribution in [0, 0.1) is 0 Å². The number of hydroxylamine groups is 1. The van der Waals surface area contributed by atoms with Crippen LogP contribution in [0.15, 0.2) is 24.3 Å².